The largest absolute Gasteiger partial charge is 0.495 e. The maximum atomic E-state index is 11.1. The first-order chi connectivity index (χ1) is 6.60. The van der Waals surface area contributed by atoms with Crippen LogP contribution in [-0.2, 0) is 0 Å². The molecular formula is C10H9ClO3. The van der Waals surface area contributed by atoms with Gasteiger partial charge >= 0.3 is 0 Å². The van der Waals surface area contributed by atoms with Crippen LogP contribution < -0.4 is 4.74 Å². The third-order valence-corrected chi connectivity index (χ3v) is 2.19. The van der Waals surface area contributed by atoms with E-state index in [2.05, 4.69) is 0 Å². The summed E-state index contributed by atoms with van der Waals surface area (Å²) in [5.74, 6) is 0.137. The summed E-state index contributed by atoms with van der Waals surface area (Å²) in [7, 11) is 1.43. The molecule has 74 valence electrons. The van der Waals surface area contributed by atoms with Gasteiger partial charge in [0.25, 0.3) is 0 Å². The molecule has 1 aromatic carbocycles. The number of rotatable bonds is 3. The van der Waals surface area contributed by atoms with Crippen LogP contribution in [0.25, 0.3) is 0 Å². The van der Waals surface area contributed by atoms with Crippen molar-refractivity contribution in [2.75, 3.05) is 7.11 Å². The van der Waals surface area contributed by atoms with E-state index in [0.717, 1.165) is 0 Å². The van der Waals surface area contributed by atoms with E-state index in [1.54, 1.807) is 0 Å². The molecule has 0 aliphatic heterocycles. The summed E-state index contributed by atoms with van der Waals surface area (Å²) >= 11 is 5.87. The predicted octanol–water partition coefficient (Wildman–Crippen LogP) is 2.36. The molecule has 0 amide bonds. The highest BCUT2D eigenvalue weighted by molar-refractivity contribution is 6.35. The van der Waals surface area contributed by atoms with Crippen molar-refractivity contribution in [3.8, 4) is 5.75 Å². The van der Waals surface area contributed by atoms with E-state index < -0.39 is 0 Å². The van der Waals surface area contributed by atoms with Gasteiger partial charge < -0.3 is 4.74 Å². The number of hydrogen-bond acceptors (Lipinski definition) is 3. The van der Waals surface area contributed by atoms with Gasteiger partial charge in [-0.25, -0.2) is 0 Å². The fourth-order valence-corrected chi connectivity index (χ4v) is 1.41. The summed E-state index contributed by atoms with van der Waals surface area (Å²) in [6, 6.07) is 2.93. The molecule has 1 rings (SSSR count). The van der Waals surface area contributed by atoms with Crippen LogP contribution in [0.1, 0.15) is 27.6 Å². The lowest BCUT2D eigenvalue weighted by atomic mass is 10.1. The molecule has 1 aromatic rings. The van der Waals surface area contributed by atoms with E-state index in [1.165, 1.54) is 26.2 Å². The molecule has 0 saturated heterocycles. The molecule has 3 nitrogen and oxygen atoms in total. The maximum absolute atomic E-state index is 11.1. The Morgan fingerprint density at radius 3 is 2.57 bits per heavy atom. The van der Waals surface area contributed by atoms with Gasteiger partial charge in [0.2, 0.25) is 0 Å². The zero-order valence-electron chi connectivity index (χ0n) is 7.83. The zero-order valence-corrected chi connectivity index (χ0v) is 8.59. The normalized spacial score (nSPS) is 9.64. The van der Waals surface area contributed by atoms with E-state index in [0.29, 0.717) is 23.2 Å². The average Bonchev–Trinajstić information content (AvgIpc) is 2.17. The van der Waals surface area contributed by atoms with E-state index in [9.17, 15) is 9.59 Å². The summed E-state index contributed by atoms with van der Waals surface area (Å²) in [6.07, 6.45) is 0.644. The van der Waals surface area contributed by atoms with Crippen molar-refractivity contribution < 1.29 is 14.3 Å². The molecular weight excluding hydrogens is 204 g/mol. The standard InChI is InChI=1S/C10H9ClO3/c1-6(13)8-3-7(5-12)4-9(14-2)10(8)11/h3-5H,1-2H3. The van der Waals surface area contributed by atoms with Crippen LogP contribution in [0.5, 0.6) is 5.75 Å². The molecule has 4 heteroatoms. The second-order valence-electron chi connectivity index (χ2n) is 2.76. The summed E-state index contributed by atoms with van der Waals surface area (Å²) in [5, 5.41) is 0.241. The lowest BCUT2D eigenvalue weighted by Crippen LogP contribution is -1.98. The number of Topliss-reactive ketones (excluding diaryl/α,β-unsaturated/α-hetero) is 1. The molecule has 0 fully saturated rings. The van der Waals surface area contributed by atoms with Crippen molar-refractivity contribution >= 4 is 23.7 Å². The van der Waals surface area contributed by atoms with E-state index in [1.807, 2.05) is 0 Å². The lowest BCUT2D eigenvalue weighted by molar-refractivity contribution is 0.101. The number of methoxy groups -OCH3 is 1. The Morgan fingerprint density at radius 2 is 2.14 bits per heavy atom. The van der Waals surface area contributed by atoms with Crippen molar-refractivity contribution in [3.63, 3.8) is 0 Å². The van der Waals surface area contributed by atoms with Crippen LogP contribution in [0, 0.1) is 0 Å². The number of carbonyl (C=O) groups is 2. The highest BCUT2D eigenvalue weighted by atomic mass is 35.5. The first-order valence-electron chi connectivity index (χ1n) is 3.93. The van der Waals surface area contributed by atoms with E-state index >= 15 is 0 Å². The second-order valence-corrected chi connectivity index (χ2v) is 3.14. The highest BCUT2D eigenvalue weighted by Crippen LogP contribution is 2.29. The van der Waals surface area contributed by atoms with Crippen LogP contribution in [0.4, 0.5) is 0 Å². The van der Waals surface area contributed by atoms with Gasteiger partial charge in [0.15, 0.2) is 5.78 Å². The van der Waals surface area contributed by atoms with Crippen LogP contribution >= 0.6 is 11.6 Å². The van der Waals surface area contributed by atoms with Crippen LogP contribution in [-0.4, -0.2) is 19.2 Å². The minimum atomic E-state index is -0.197. The van der Waals surface area contributed by atoms with E-state index in [-0.39, 0.29) is 10.8 Å². The highest BCUT2D eigenvalue weighted by Gasteiger charge is 2.12. The third-order valence-electron chi connectivity index (χ3n) is 1.80. The second kappa shape index (κ2) is 4.24. The number of ketones is 1. The molecule has 0 heterocycles. The molecule has 0 unspecified atom stereocenters. The monoisotopic (exact) mass is 212 g/mol. The van der Waals surface area contributed by atoms with Crippen LogP contribution in [0.15, 0.2) is 12.1 Å². The van der Waals surface area contributed by atoms with Gasteiger partial charge in [0.1, 0.15) is 12.0 Å². The van der Waals surface area contributed by atoms with Crippen molar-refractivity contribution in [1.82, 2.24) is 0 Å². The van der Waals surface area contributed by atoms with Crippen LogP contribution in [0.3, 0.4) is 0 Å². The molecule has 14 heavy (non-hydrogen) atoms. The van der Waals surface area contributed by atoms with Gasteiger partial charge in [-0.1, -0.05) is 11.6 Å². The summed E-state index contributed by atoms with van der Waals surface area (Å²) in [4.78, 5) is 21.7. The Hall–Kier alpha value is -1.35. The van der Waals surface area contributed by atoms with Crippen molar-refractivity contribution in [2.45, 2.75) is 6.92 Å². The summed E-state index contributed by atoms with van der Waals surface area (Å²) in [6.45, 7) is 1.38. The molecule has 0 spiro atoms. The molecule has 0 aliphatic rings. The van der Waals surface area contributed by atoms with Crippen molar-refractivity contribution in [2.24, 2.45) is 0 Å². The SMILES string of the molecule is COc1cc(C=O)cc(C(C)=O)c1Cl. The van der Waals surface area contributed by atoms with Crippen molar-refractivity contribution in [3.05, 3.63) is 28.3 Å². The molecule has 0 saturated carbocycles. The molecule has 0 atom stereocenters. The first kappa shape index (κ1) is 10.7. The molecule has 0 bridgehead atoms. The molecule has 0 aliphatic carbocycles. The lowest BCUT2D eigenvalue weighted by Gasteiger charge is -2.07. The number of aldehydes is 1. The Kier molecular flexibility index (Phi) is 3.25. The van der Waals surface area contributed by atoms with Gasteiger partial charge in [0, 0.05) is 11.1 Å². The van der Waals surface area contributed by atoms with Gasteiger partial charge in [-0.05, 0) is 19.1 Å². The van der Waals surface area contributed by atoms with Crippen molar-refractivity contribution in [1.29, 1.82) is 0 Å². The fraction of sp³-hybridized carbons (Fsp3) is 0.200. The van der Waals surface area contributed by atoms with Gasteiger partial charge in [0.05, 0.1) is 12.1 Å². The quantitative estimate of drug-likeness (QED) is 0.571. The first-order valence-corrected chi connectivity index (χ1v) is 4.31. The minimum Gasteiger partial charge on any atom is -0.495 e. The summed E-state index contributed by atoms with van der Waals surface area (Å²) < 4.78 is 4.94. The van der Waals surface area contributed by atoms with Gasteiger partial charge in [-0.15, -0.1) is 0 Å². The average molecular weight is 213 g/mol. The van der Waals surface area contributed by atoms with Gasteiger partial charge in [-0.3, -0.25) is 9.59 Å². The Bertz CT molecular complexity index is 385. The van der Waals surface area contributed by atoms with Crippen LogP contribution in [0.2, 0.25) is 5.02 Å². The molecule has 0 radical (unpaired) electrons. The topological polar surface area (TPSA) is 43.4 Å². The smallest absolute Gasteiger partial charge is 0.161 e. The maximum Gasteiger partial charge on any atom is 0.161 e. The number of benzene rings is 1. The third kappa shape index (κ3) is 1.93. The van der Waals surface area contributed by atoms with Gasteiger partial charge in [-0.2, -0.15) is 0 Å². The number of halogens is 1. The Morgan fingerprint density at radius 1 is 1.50 bits per heavy atom. The minimum absolute atomic E-state index is 0.197. The zero-order chi connectivity index (χ0) is 10.7. The predicted molar refractivity (Wildman–Crippen MR) is 53.4 cm³/mol. The Balaban J connectivity index is 3.41. The molecule has 0 N–H and O–H groups in total. The fourth-order valence-electron chi connectivity index (χ4n) is 1.09. The van der Waals surface area contributed by atoms with E-state index in [4.69, 9.17) is 16.3 Å². The Labute approximate surface area is 86.6 Å². The molecule has 0 aromatic heterocycles. The summed E-state index contributed by atoms with van der Waals surface area (Å²) in [5.41, 5.74) is 0.671. The number of carbonyl (C=O) groups excluding carboxylic acids is 2. The number of hydrogen-bond donors (Lipinski definition) is 0. The number of ether oxygens (including phenoxy) is 1.